The second-order valence-corrected chi connectivity index (χ2v) is 8.76. The SMILES string of the molecule is Cc1nc(CC2CCCN(C(=O)c3ccccc3)C2)cc(Nc2ncc(C)s2)n1. The van der Waals surface area contributed by atoms with E-state index in [9.17, 15) is 4.79 Å². The Kier molecular flexibility index (Phi) is 5.85. The Balaban J connectivity index is 1.43. The third-order valence-electron chi connectivity index (χ3n) is 5.07. The van der Waals surface area contributed by atoms with Crippen molar-refractivity contribution in [3.63, 3.8) is 0 Å². The number of hydrogen-bond donors (Lipinski definition) is 1. The molecule has 0 saturated carbocycles. The van der Waals surface area contributed by atoms with Crippen LogP contribution in [-0.4, -0.2) is 38.8 Å². The zero-order valence-electron chi connectivity index (χ0n) is 16.8. The molecule has 1 fully saturated rings. The molecule has 1 saturated heterocycles. The van der Waals surface area contributed by atoms with Crippen LogP contribution >= 0.6 is 11.3 Å². The molecule has 3 aromatic rings. The van der Waals surface area contributed by atoms with Crippen LogP contribution in [0.4, 0.5) is 10.9 Å². The highest BCUT2D eigenvalue weighted by molar-refractivity contribution is 7.15. The van der Waals surface area contributed by atoms with Crippen molar-refractivity contribution in [2.24, 2.45) is 5.92 Å². The van der Waals surface area contributed by atoms with E-state index in [2.05, 4.69) is 20.3 Å². The van der Waals surface area contributed by atoms with Crippen LogP contribution in [0.15, 0.2) is 42.6 Å². The molecule has 0 spiro atoms. The van der Waals surface area contributed by atoms with Crippen molar-refractivity contribution in [2.75, 3.05) is 18.4 Å². The van der Waals surface area contributed by atoms with Gasteiger partial charge in [-0.05, 0) is 51.2 Å². The lowest BCUT2D eigenvalue weighted by Crippen LogP contribution is -2.40. The van der Waals surface area contributed by atoms with Gasteiger partial charge < -0.3 is 10.2 Å². The first-order chi connectivity index (χ1) is 14.1. The fourth-order valence-corrected chi connectivity index (χ4v) is 4.47. The summed E-state index contributed by atoms with van der Waals surface area (Å²) in [5, 5.41) is 4.12. The second kappa shape index (κ2) is 8.69. The monoisotopic (exact) mass is 407 g/mol. The van der Waals surface area contributed by atoms with Crippen LogP contribution in [0, 0.1) is 19.8 Å². The third-order valence-corrected chi connectivity index (χ3v) is 5.90. The summed E-state index contributed by atoms with van der Waals surface area (Å²) >= 11 is 1.60. The molecule has 7 heteroatoms. The molecule has 1 amide bonds. The van der Waals surface area contributed by atoms with E-state index < -0.39 is 0 Å². The number of aryl methyl sites for hydroxylation is 2. The number of rotatable bonds is 5. The Morgan fingerprint density at radius 1 is 1.24 bits per heavy atom. The zero-order valence-corrected chi connectivity index (χ0v) is 17.6. The van der Waals surface area contributed by atoms with Gasteiger partial charge in [0.05, 0.1) is 0 Å². The molecule has 2 aromatic heterocycles. The summed E-state index contributed by atoms with van der Waals surface area (Å²) in [6.07, 6.45) is 4.82. The smallest absolute Gasteiger partial charge is 0.253 e. The molecule has 1 unspecified atom stereocenters. The molecule has 1 atom stereocenters. The van der Waals surface area contributed by atoms with Crippen LogP contribution in [0.25, 0.3) is 0 Å². The van der Waals surface area contributed by atoms with Gasteiger partial charge in [0.1, 0.15) is 11.6 Å². The van der Waals surface area contributed by atoms with Crippen molar-refractivity contribution < 1.29 is 4.79 Å². The molecule has 29 heavy (non-hydrogen) atoms. The van der Waals surface area contributed by atoms with Gasteiger partial charge in [0.2, 0.25) is 0 Å². The van der Waals surface area contributed by atoms with Crippen molar-refractivity contribution in [1.29, 1.82) is 0 Å². The Hall–Kier alpha value is -2.80. The number of nitrogens with one attached hydrogen (secondary N) is 1. The van der Waals surface area contributed by atoms with Gasteiger partial charge in [-0.15, -0.1) is 11.3 Å². The van der Waals surface area contributed by atoms with Gasteiger partial charge >= 0.3 is 0 Å². The number of likely N-dealkylation sites (tertiary alicyclic amines) is 1. The number of hydrogen-bond acceptors (Lipinski definition) is 6. The van der Waals surface area contributed by atoms with Crippen molar-refractivity contribution in [3.05, 3.63) is 64.6 Å². The first-order valence-corrected chi connectivity index (χ1v) is 10.8. The maximum Gasteiger partial charge on any atom is 0.253 e. The molecule has 0 bridgehead atoms. The van der Waals surface area contributed by atoms with E-state index in [0.29, 0.717) is 5.92 Å². The predicted octanol–water partition coefficient (Wildman–Crippen LogP) is 4.39. The Bertz CT molecular complexity index is 988. The number of piperidine rings is 1. The normalized spacial score (nSPS) is 16.6. The van der Waals surface area contributed by atoms with E-state index in [-0.39, 0.29) is 5.91 Å². The van der Waals surface area contributed by atoms with Crippen LogP contribution in [0.1, 0.15) is 39.6 Å². The molecule has 1 N–H and O–H groups in total. The van der Waals surface area contributed by atoms with Crippen molar-refractivity contribution >= 4 is 28.2 Å². The fraction of sp³-hybridized carbons (Fsp3) is 0.364. The number of nitrogens with zero attached hydrogens (tertiary/aromatic N) is 4. The van der Waals surface area contributed by atoms with Crippen LogP contribution < -0.4 is 5.32 Å². The highest BCUT2D eigenvalue weighted by Crippen LogP contribution is 2.24. The molecule has 3 heterocycles. The molecule has 4 rings (SSSR count). The number of carbonyl (C=O) groups excluding carboxylic acids is 1. The first-order valence-electron chi connectivity index (χ1n) is 9.95. The van der Waals surface area contributed by atoms with E-state index in [4.69, 9.17) is 0 Å². The van der Waals surface area contributed by atoms with Crippen LogP contribution in [-0.2, 0) is 6.42 Å². The summed E-state index contributed by atoms with van der Waals surface area (Å²) in [7, 11) is 0. The Morgan fingerprint density at radius 2 is 2.07 bits per heavy atom. The second-order valence-electron chi connectivity index (χ2n) is 7.52. The van der Waals surface area contributed by atoms with Gasteiger partial charge in [-0.2, -0.15) is 0 Å². The van der Waals surface area contributed by atoms with Gasteiger partial charge in [-0.1, -0.05) is 18.2 Å². The van der Waals surface area contributed by atoms with E-state index in [1.165, 1.54) is 0 Å². The third kappa shape index (κ3) is 4.98. The van der Waals surface area contributed by atoms with Crippen molar-refractivity contribution in [2.45, 2.75) is 33.1 Å². The Labute approximate surface area is 175 Å². The topological polar surface area (TPSA) is 71.0 Å². The average Bonchev–Trinajstić information content (AvgIpc) is 3.12. The lowest BCUT2D eigenvalue weighted by atomic mass is 9.92. The Morgan fingerprint density at radius 3 is 2.83 bits per heavy atom. The van der Waals surface area contributed by atoms with E-state index in [1.807, 2.05) is 61.3 Å². The van der Waals surface area contributed by atoms with E-state index in [1.54, 1.807) is 11.3 Å². The minimum atomic E-state index is 0.121. The molecule has 6 nitrogen and oxygen atoms in total. The molecular weight excluding hydrogens is 382 g/mol. The fourth-order valence-electron chi connectivity index (χ4n) is 3.80. The number of thiazole rings is 1. The maximum absolute atomic E-state index is 12.8. The number of anilines is 2. The standard InChI is InChI=1S/C22H25N5OS/c1-15-13-23-22(29-15)26-20-12-19(24-16(2)25-20)11-17-7-6-10-27(14-17)21(28)18-8-4-3-5-9-18/h3-5,8-9,12-13,17H,6-7,10-11,14H2,1-2H3,(H,23,24,25,26). The summed E-state index contributed by atoms with van der Waals surface area (Å²) < 4.78 is 0. The van der Waals surface area contributed by atoms with E-state index >= 15 is 0 Å². The van der Waals surface area contributed by atoms with Gasteiger partial charge in [0.25, 0.3) is 5.91 Å². The quantitative estimate of drug-likeness (QED) is 0.679. The van der Waals surface area contributed by atoms with Crippen LogP contribution in [0.5, 0.6) is 0 Å². The summed E-state index contributed by atoms with van der Waals surface area (Å²) in [6, 6.07) is 11.5. The molecular formula is C22H25N5OS. The molecule has 1 aromatic carbocycles. The van der Waals surface area contributed by atoms with Gasteiger partial charge in [-0.25, -0.2) is 15.0 Å². The largest absolute Gasteiger partial charge is 0.338 e. The summed E-state index contributed by atoms with van der Waals surface area (Å²) in [5.74, 6) is 2.04. The first kappa shape index (κ1) is 19.5. The molecule has 1 aliphatic heterocycles. The lowest BCUT2D eigenvalue weighted by molar-refractivity contribution is 0.0672. The maximum atomic E-state index is 12.8. The highest BCUT2D eigenvalue weighted by Gasteiger charge is 2.25. The predicted molar refractivity (Wildman–Crippen MR) is 116 cm³/mol. The van der Waals surface area contributed by atoms with Gasteiger partial charge in [0.15, 0.2) is 5.13 Å². The molecule has 1 aliphatic rings. The van der Waals surface area contributed by atoms with Crippen LogP contribution in [0.3, 0.4) is 0 Å². The molecule has 0 radical (unpaired) electrons. The number of carbonyl (C=O) groups is 1. The molecule has 150 valence electrons. The number of aromatic nitrogens is 3. The zero-order chi connectivity index (χ0) is 20.2. The average molecular weight is 408 g/mol. The minimum Gasteiger partial charge on any atom is -0.338 e. The number of benzene rings is 1. The van der Waals surface area contributed by atoms with E-state index in [0.717, 1.165) is 65.3 Å². The van der Waals surface area contributed by atoms with Gasteiger partial charge in [-0.3, -0.25) is 4.79 Å². The lowest BCUT2D eigenvalue weighted by Gasteiger charge is -2.33. The van der Waals surface area contributed by atoms with Crippen LogP contribution in [0.2, 0.25) is 0 Å². The summed E-state index contributed by atoms with van der Waals surface area (Å²) in [5.41, 5.74) is 1.77. The minimum absolute atomic E-state index is 0.121. The summed E-state index contributed by atoms with van der Waals surface area (Å²) in [4.78, 5) is 29.4. The van der Waals surface area contributed by atoms with Crippen molar-refractivity contribution in [1.82, 2.24) is 19.9 Å². The summed E-state index contributed by atoms with van der Waals surface area (Å²) in [6.45, 7) is 5.54. The highest BCUT2D eigenvalue weighted by atomic mass is 32.1. The molecule has 0 aliphatic carbocycles. The number of amides is 1. The van der Waals surface area contributed by atoms with Crippen molar-refractivity contribution in [3.8, 4) is 0 Å². The van der Waals surface area contributed by atoms with Gasteiger partial charge in [0, 0.05) is 41.5 Å².